The van der Waals surface area contributed by atoms with Crippen LogP contribution < -0.4 is 4.74 Å². The standard InChI is InChI=1S/C30H20BrF4NO/c1-18-6-2-3-9-23(18)25-16-36-29-24(10-5-11-26(29)30(33,34)35)28(25)19-7-4-8-22(15-19)37-17-20-14-21(31)12-13-27(20)32/h2-16H,17H2,1H3. The van der Waals surface area contributed by atoms with Crippen LogP contribution in [0.15, 0.2) is 95.6 Å². The second kappa shape index (κ2) is 9.98. The topological polar surface area (TPSA) is 22.1 Å². The van der Waals surface area contributed by atoms with Gasteiger partial charge in [-0.1, -0.05) is 64.5 Å². The average Bonchev–Trinajstić information content (AvgIpc) is 2.88. The summed E-state index contributed by atoms with van der Waals surface area (Å²) in [5.74, 6) is 0.0746. The lowest BCUT2D eigenvalue weighted by Crippen LogP contribution is -2.07. The molecule has 0 atom stereocenters. The summed E-state index contributed by atoms with van der Waals surface area (Å²) in [6, 6.07) is 23.4. The first-order valence-corrected chi connectivity index (χ1v) is 12.2. The molecule has 7 heteroatoms. The molecule has 1 heterocycles. The lowest BCUT2D eigenvalue weighted by atomic mass is 9.90. The van der Waals surface area contributed by atoms with Gasteiger partial charge < -0.3 is 4.74 Å². The minimum Gasteiger partial charge on any atom is -0.489 e. The number of para-hydroxylation sites is 1. The Morgan fingerprint density at radius 1 is 0.865 bits per heavy atom. The van der Waals surface area contributed by atoms with Gasteiger partial charge in [-0.2, -0.15) is 13.2 Å². The van der Waals surface area contributed by atoms with Gasteiger partial charge >= 0.3 is 6.18 Å². The fourth-order valence-electron chi connectivity index (χ4n) is 4.40. The normalized spacial score (nSPS) is 11.6. The monoisotopic (exact) mass is 565 g/mol. The Bertz CT molecular complexity index is 1610. The van der Waals surface area contributed by atoms with E-state index < -0.39 is 11.7 Å². The summed E-state index contributed by atoms with van der Waals surface area (Å²) < 4.78 is 62.3. The first-order valence-electron chi connectivity index (χ1n) is 11.4. The van der Waals surface area contributed by atoms with E-state index >= 15 is 0 Å². The van der Waals surface area contributed by atoms with Gasteiger partial charge in [0.25, 0.3) is 0 Å². The average molecular weight is 566 g/mol. The quantitative estimate of drug-likeness (QED) is 0.198. The highest BCUT2D eigenvalue weighted by Crippen LogP contribution is 2.42. The van der Waals surface area contributed by atoms with Crippen molar-refractivity contribution >= 4 is 26.8 Å². The van der Waals surface area contributed by atoms with E-state index in [4.69, 9.17) is 4.74 Å². The lowest BCUT2D eigenvalue weighted by Gasteiger charge is -2.18. The highest BCUT2D eigenvalue weighted by Gasteiger charge is 2.33. The third-order valence-electron chi connectivity index (χ3n) is 6.16. The zero-order chi connectivity index (χ0) is 26.2. The highest BCUT2D eigenvalue weighted by molar-refractivity contribution is 9.10. The zero-order valence-electron chi connectivity index (χ0n) is 19.6. The summed E-state index contributed by atoms with van der Waals surface area (Å²) in [7, 11) is 0. The van der Waals surface area contributed by atoms with Crippen molar-refractivity contribution in [2.24, 2.45) is 0 Å². The highest BCUT2D eigenvalue weighted by atomic mass is 79.9. The van der Waals surface area contributed by atoms with E-state index in [9.17, 15) is 17.6 Å². The van der Waals surface area contributed by atoms with Crippen LogP contribution in [0.3, 0.4) is 0 Å². The molecule has 4 aromatic carbocycles. The molecule has 5 aromatic rings. The van der Waals surface area contributed by atoms with Gasteiger partial charge in [-0.3, -0.25) is 4.98 Å². The summed E-state index contributed by atoms with van der Waals surface area (Å²) >= 11 is 3.34. The molecule has 0 bridgehead atoms. The molecule has 0 radical (unpaired) electrons. The molecule has 37 heavy (non-hydrogen) atoms. The van der Waals surface area contributed by atoms with Crippen LogP contribution in [0.1, 0.15) is 16.7 Å². The molecule has 0 unspecified atom stereocenters. The van der Waals surface area contributed by atoms with Crippen LogP contribution in [0.5, 0.6) is 5.75 Å². The Morgan fingerprint density at radius 3 is 2.43 bits per heavy atom. The van der Waals surface area contributed by atoms with Crippen molar-refractivity contribution in [1.29, 1.82) is 0 Å². The zero-order valence-corrected chi connectivity index (χ0v) is 21.2. The number of aryl methyl sites for hydroxylation is 1. The fourth-order valence-corrected chi connectivity index (χ4v) is 4.81. The second-order valence-electron chi connectivity index (χ2n) is 8.61. The number of rotatable bonds is 5. The van der Waals surface area contributed by atoms with Crippen LogP contribution in [-0.4, -0.2) is 4.98 Å². The van der Waals surface area contributed by atoms with Crippen molar-refractivity contribution < 1.29 is 22.3 Å². The molecule has 0 aliphatic carbocycles. The maximum absolute atomic E-state index is 14.2. The third kappa shape index (κ3) is 5.09. The number of pyridine rings is 1. The van der Waals surface area contributed by atoms with E-state index in [1.165, 1.54) is 18.3 Å². The number of aromatic nitrogens is 1. The van der Waals surface area contributed by atoms with Crippen LogP contribution >= 0.6 is 15.9 Å². The third-order valence-corrected chi connectivity index (χ3v) is 6.66. The van der Waals surface area contributed by atoms with Crippen LogP contribution in [0.4, 0.5) is 17.6 Å². The van der Waals surface area contributed by atoms with E-state index in [-0.39, 0.29) is 17.9 Å². The molecule has 2 nitrogen and oxygen atoms in total. The molecule has 5 rings (SSSR count). The van der Waals surface area contributed by atoms with Crippen LogP contribution in [-0.2, 0) is 12.8 Å². The van der Waals surface area contributed by atoms with E-state index in [0.717, 1.165) is 21.7 Å². The summed E-state index contributed by atoms with van der Waals surface area (Å²) in [6.45, 7) is 1.94. The van der Waals surface area contributed by atoms with Crippen LogP contribution in [0, 0.1) is 12.7 Å². The Labute approximate surface area is 219 Å². The molecule has 0 amide bonds. The van der Waals surface area contributed by atoms with Crippen LogP contribution in [0.25, 0.3) is 33.2 Å². The van der Waals surface area contributed by atoms with Crippen molar-refractivity contribution in [1.82, 2.24) is 4.98 Å². The van der Waals surface area contributed by atoms with Crippen molar-refractivity contribution in [2.75, 3.05) is 0 Å². The van der Waals surface area contributed by atoms with E-state index in [1.54, 1.807) is 36.4 Å². The number of hydrogen-bond donors (Lipinski definition) is 0. The number of fused-ring (bicyclic) bond motifs is 1. The molecule has 0 saturated heterocycles. The number of alkyl halides is 3. The van der Waals surface area contributed by atoms with Crippen molar-refractivity contribution in [3.05, 3.63) is 118 Å². The van der Waals surface area contributed by atoms with Crippen LogP contribution in [0.2, 0.25) is 0 Å². The van der Waals surface area contributed by atoms with Gasteiger partial charge in [0.2, 0.25) is 0 Å². The molecule has 0 spiro atoms. The van der Waals surface area contributed by atoms with Gasteiger partial charge in [0, 0.05) is 32.7 Å². The Hall–Kier alpha value is -3.71. The minimum absolute atomic E-state index is 0.00527. The van der Waals surface area contributed by atoms with Gasteiger partial charge in [0.05, 0.1) is 11.1 Å². The molecule has 1 aromatic heterocycles. The van der Waals surface area contributed by atoms with E-state index in [2.05, 4.69) is 20.9 Å². The fraction of sp³-hybridized carbons (Fsp3) is 0.100. The van der Waals surface area contributed by atoms with Crippen molar-refractivity contribution in [3.63, 3.8) is 0 Å². The molecule has 0 N–H and O–H groups in total. The largest absolute Gasteiger partial charge is 0.489 e. The predicted molar refractivity (Wildman–Crippen MR) is 141 cm³/mol. The van der Waals surface area contributed by atoms with Gasteiger partial charge in [0.1, 0.15) is 18.2 Å². The smallest absolute Gasteiger partial charge is 0.418 e. The SMILES string of the molecule is Cc1ccccc1-c1cnc2c(C(F)(F)F)cccc2c1-c1cccc(OCc2cc(Br)ccc2F)c1. The van der Waals surface area contributed by atoms with E-state index in [0.29, 0.717) is 33.4 Å². The van der Waals surface area contributed by atoms with Gasteiger partial charge in [-0.25, -0.2) is 4.39 Å². The maximum Gasteiger partial charge on any atom is 0.418 e. The first kappa shape index (κ1) is 25.0. The Kier molecular flexibility index (Phi) is 6.73. The summed E-state index contributed by atoms with van der Waals surface area (Å²) in [6.07, 6.45) is -3.05. The molecule has 0 fully saturated rings. The molecule has 0 aliphatic heterocycles. The Morgan fingerprint density at radius 2 is 1.65 bits per heavy atom. The minimum atomic E-state index is -4.55. The number of hydrogen-bond acceptors (Lipinski definition) is 2. The molecular weight excluding hydrogens is 546 g/mol. The second-order valence-corrected chi connectivity index (χ2v) is 9.53. The number of halogens is 5. The molecule has 0 aliphatic rings. The van der Waals surface area contributed by atoms with Crippen molar-refractivity contribution in [3.8, 4) is 28.0 Å². The van der Waals surface area contributed by atoms with Gasteiger partial charge in [-0.15, -0.1) is 0 Å². The molecule has 0 saturated carbocycles. The number of nitrogens with zero attached hydrogens (tertiary/aromatic N) is 1. The van der Waals surface area contributed by atoms with Gasteiger partial charge in [0.15, 0.2) is 0 Å². The predicted octanol–water partition coefficient (Wildman–Crippen LogP) is 9.38. The molecular formula is C30H20BrF4NO. The maximum atomic E-state index is 14.2. The number of benzene rings is 4. The van der Waals surface area contributed by atoms with Crippen molar-refractivity contribution in [2.45, 2.75) is 19.7 Å². The van der Waals surface area contributed by atoms with E-state index in [1.807, 2.05) is 37.3 Å². The molecule has 186 valence electrons. The summed E-state index contributed by atoms with van der Waals surface area (Å²) in [4.78, 5) is 4.27. The first-order chi connectivity index (χ1) is 17.7. The summed E-state index contributed by atoms with van der Waals surface area (Å²) in [5.41, 5.74) is 3.29. The Balaban J connectivity index is 1.67. The van der Waals surface area contributed by atoms with Gasteiger partial charge in [-0.05, 0) is 60.0 Å². The number of ether oxygens (including phenoxy) is 1. The lowest BCUT2D eigenvalue weighted by molar-refractivity contribution is -0.136. The summed E-state index contributed by atoms with van der Waals surface area (Å²) in [5, 5.41) is 0.380.